The molecule has 1 aromatic rings. The number of carbonyl (C=O) groups is 1. The van der Waals surface area contributed by atoms with Crippen molar-refractivity contribution in [2.75, 3.05) is 0 Å². The molecule has 0 fully saturated rings. The summed E-state index contributed by atoms with van der Waals surface area (Å²) in [4.78, 5) is 10.8. The van der Waals surface area contributed by atoms with Gasteiger partial charge in [0.15, 0.2) is 0 Å². The Hall–Kier alpha value is -0.690. The molecule has 5 heteroatoms. The van der Waals surface area contributed by atoms with Gasteiger partial charge in [-0.3, -0.25) is 0 Å². The van der Waals surface area contributed by atoms with Crippen LogP contribution >= 0.6 is 22.6 Å². The Bertz CT molecular complexity index is 379. The lowest BCUT2D eigenvalue weighted by Gasteiger charge is -2.19. The minimum absolute atomic E-state index is 0.359. The lowest BCUT2D eigenvalue weighted by molar-refractivity contribution is -0.143. The number of rotatable bonds is 2. The summed E-state index contributed by atoms with van der Waals surface area (Å²) in [5.41, 5.74) is 4.48. The number of hydrogen-bond acceptors (Lipinski definition) is 2. The molecule has 1 aromatic carbocycles. The predicted molar refractivity (Wildman–Crippen MR) is 58.3 cm³/mol. The summed E-state index contributed by atoms with van der Waals surface area (Å²) in [5, 5.41) is 8.83. The lowest BCUT2D eigenvalue weighted by atomic mass is 9.93. The Kier molecular flexibility index (Phi) is 3.10. The monoisotopic (exact) mass is 309 g/mol. The maximum atomic E-state index is 12.9. The van der Waals surface area contributed by atoms with Gasteiger partial charge in [-0.2, -0.15) is 0 Å². The number of nitrogens with two attached hydrogens (primary N) is 1. The van der Waals surface area contributed by atoms with E-state index in [2.05, 4.69) is 0 Å². The summed E-state index contributed by atoms with van der Waals surface area (Å²) in [5.74, 6) is -1.52. The van der Waals surface area contributed by atoms with E-state index in [0.29, 0.717) is 9.13 Å². The quantitative estimate of drug-likeness (QED) is 0.817. The average molecular weight is 309 g/mol. The summed E-state index contributed by atoms with van der Waals surface area (Å²) >= 11 is 1.79. The fourth-order valence-electron chi connectivity index (χ4n) is 0.943. The van der Waals surface area contributed by atoms with Gasteiger partial charge in [0, 0.05) is 3.57 Å². The molecule has 0 aliphatic heterocycles. The number of aliphatic carboxylic acids is 1. The number of carboxylic acid groups (broad SMARTS) is 1. The summed E-state index contributed by atoms with van der Waals surface area (Å²) < 4.78 is 13.3. The highest BCUT2D eigenvalue weighted by Crippen LogP contribution is 2.21. The van der Waals surface area contributed by atoms with Gasteiger partial charge in [0.25, 0.3) is 0 Å². The fraction of sp³-hybridized carbons (Fsp3) is 0.222. The van der Waals surface area contributed by atoms with E-state index >= 15 is 0 Å². The van der Waals surface area contributed by atoms with Crippen molar-refractivity contribution < 1.29 is 14.3 Å². The van der Waals surface area contributed by atoms with Crippen LogP contribution in [0, 0.1) is 9.39 Å². The molecule has 0 bridgehead atoms. The topological polar surface area (TPSA) is 63.3 Å². The first-order valence-electron chi connectivity index (χ1n) is 3.83. The van der Waals surface area contributed by atoms with E-state index in [0.717, 1.165) is 0 Å². The van der Waals surface area contributed by atoms with Crippen LogP contribution in [0.15, 0.2) is 18.2 Å². The van der Waals surface area contributed by atoms with Crippen molar-refractivity contribution in [1.29, 1.82) is 0 Å². The molecule has 14 heavy (non-hydrogen) atoms. The molecule has 1 rings (SSSR count). The smallest absolute Gasteiger partial charge is 0.328 e. The lowest BCUT2D eigenvalue weighted by Crippen LogP contribution is -2.41. The van der Waals surface area contributed by atoms with Gasteiger partial charge in [0.05, 0.1) is 0 Å². The van der Waals surface area contributed by atoms with Crippen LogP contribution < -0.4 is 5.73 Å². The zero-order valence-corrected chi connectivity index (χ0v) is 9.58. The van der Waals surface area contributed by atoms with Gasteiger partial charge in [0.2, 0.25) is 0 Å². The molecule has 0 aromatic heterocycles. The summed E-state index contributed by atoms with van der Waals surface area (Å²) in [7, 11) is 0. The highest BCUT2D eigenvalue weighted by atomic mass is 127. The molecule has 0 saturated heterocycles. The van der Waals surface area contributed by atoms with Crippen molar-refractivity contribution in [3.05, 3.63) is 33.1 Å². The maximum absolute atomic E-state index is 12.9. The van der Waals surface area contributed by atoms with Crippen molar-refractivity contribution in [1.82, 2.24) is 0 Å². The van der Waals surface area contributed by atoms with Crippen molar-refractivity contribution in [2.45, 2.75) is 12.5 Å². The second kappa shape index (κ2) is 3.82. The molecular formula is C9H9FINO2. The van der Waals surface area contributed by atoms with Crippen molar-refractivity contribution in [2.24, 2.45) is 5.73 Å². The second-order valence-electron chi connectivity index (χ2n) is 3.14. The van der Waals surface area contributed by atoms with Crippen LogP contribution in [0.2, 0.25) is 0 Å². The van der Waals surface area contributed by atoms with Crippen molar-refractivity contribution in [3.63, 3.8) is 0 Å². The Morgan fingerprint density at radius 3 is 2.64 bits per heavy atom. The van der Waals surface area contributed by atoms with Gasteiger partial charge in [-0.1, -0.05) is 6.07 Å². The first-order valence-corrected chi connectivity index (χ1v) is 4.91. The highest BCUT2D eigenvalue weighted by molar-refractivity contribution is 14.1. The SMILES string of the molecule is C[C@@](N)(C(=O)O)c1ccc(F)c(I)c1. The zero-order valence-electron chi connectivity index (χ0n) is 7.42. The van der Waals surface area contributed by atoms with Crippen molar-refractivity contribution >= 4 is 28.6 Å². The van der Waals surface area contributed by atoms with Crippen LogP contribution in [-0.2, 0) is 10.3 Å². The summed E-state index contributed by atoms with van der Waals surface area (Å²) in [6.07, 6.45) is 0. The van der Waals surface area contributed by atoms with Crippen molar-refractivity contribution in [3.8, 4) is 0 Å². The molecule has 0 heterocycles. The molecule has 0 amide bonds. The Balaban J connectivity index is 3.21. The third-order valence-electron chi connectivity index (χ3n) is 1.96. The molecule has 0 unspecified atom stereocenters. The standard InChI is InChI=1S/C9H9FINO2/c1-9(12,8(13)14)5-2-3-6(10)7(11)4-5/h2-4H,12H2,1H3,(H,13,14)/t9-/m0/s1. The van der Waals surface area contributed by atoms with E-state index in [-0.39, 0.29) is 5.82 Å². The third kappa shape index (κ3) is 2.03. The number of benzene rings is 1. The molecule has 0 aliphatic carbocycles. The van der Waals surface area contributed by atoms with E-state index in [1.807, 2.05) is 0 Å². The number of halogens is 2. The Morgan fingerprint density at radius 1 is 1.64 bits per heavy atom. The van der Waals surface area contributed by atoms with Gasteiger partial charge in [-0.15, -0.1) is 0 Å². The predicted octanol–water partition coefficient (Wildman–Crippen LogP) is 1.69. The maximum Gasteiger partial charge on any atom is 0.328 e. The molecule has 3 nitrogen and oxygen atoms in total. The van der Waals surface area contributed by atoms with E-state index in [1.165, 1.54) is 25.1 Å². The fourth-order valence-corrected chi connectivity index (χ4v) is 1.46. The summed E-state index contributed by atoms with van der Waals surface area (Å²) in [6, 6.07) is 4.03. The molecule has 0 aliphatic rings. The van der Waals surface area contributed by atoms with Crippen LogP contribution in [0.4, 0.5) is 4.39 Å². The van der Waals surface area contributed by atoms with Gasteiger partial charge >= 0.3 is 5.97 Å². The van der Waals surface area contributed by atoms with Crippen LogP contribution in [0.5, 0.6) is 0 Å². The van der Waals surface area contributed by atoms with Crippen LogP contribution in [0.25, 0.3) is 0 Å². The first-order chi connectivity index (χ1) is 6.35. The molecule has 0 spiro atoms. The highest BCUT2D eigenvalue weighted by Gasteiger charge is 2.30. The first kappa shape index (κ1) is 11.4. The van der Waals surface area contributed by atoms with Gasteiger partial charge in [-0.25, -0.2) is 9.18 Å². The van der Waals surface area contributed by atoms with Gasteiger partial charge < -0.3 is 10.8 Å². The molecule has 76 valence electrons. The number of hydrogen-bond donors (Lipinski definition) is 2. The minimum Gasteiger partial charge on any atom is -0.480 e. The summed E-state index contributed by atoms with van der Waals surface area (Å²) in [6.45, 7) is 1.37. The second-order valence-corrected chi connectivity index (χ2v) is 4.30. The van der Waals surface area contributed by atoms with E-state index in [9.17, 15) is 9.18 Å². The van der Waals surface area contributed by atoms with Crippen LogP contribution in [0.3, 0.4) is 0 Å². The Morgan fingerprint density at radius 2 is 2.21 bits per heavy atom. The minimum atomic E-state index is -1.48. The van der Waals surface area contributed by atoms with Crippen LogP contribution in [0.1, 0.15) is 12.5 Å². The average Bonchev–Trinajstić information content (AvgIpc) is 2.09. The van der Waals surface area contributed by atoms with E-state index < -0.39 is 11.5 Å². The van der Waals surface area contributed by atoms with E-state index in [4.69, 9.17) is 10.8 Å². The van der Waals surface area contributed by atoms with E-state index in [1.54, 1.807) is 22.6 Å². The largest absolute Gasteiger partial charge is 0.480 e. The zero-order chi connectivity index (χ0) is 10.9. The normalized spacial score (nSPS) is 14.9. The molecule has 0 saturated carbocycles. The number of carboxylic acids is 1. The van der Waals surface area contributed by atoms with Crippen LogP contribution in [-0.4, -0.2) is 11.1 Å². The molecule has 3 N–H and O–H groups in total. The van der Waals surface area contributed by atoms with Gasteiger partial charge in [-0.05, 0) is 47.2 Å². The van der Waals surface area contributed by atoms with Gasteiger partial charge in [0.1, 0.15) is 11.4 Å². The molecule has 0 radical (unpaired) electrons. The third-order valence-corrected chi connectivity index (χ3v) is 2.79. The molecule has 1 atom stereocenters. The Labute approximate surface area is 94.2 Å². The molecular weight excluding hydrogens is 300 g/mol.